The molecule has 4 fully saturated rings. The van der Waals surface area contributed by atoms with Gasteiger partial charge < -0.3 is 10.5 Å². The Hall–Kier alpha value is -2.61. The molecule has 4 bridgehead atoms. The van der Waals surface area contributed by atoms with Gasteiger partial charge in [-0.05, 0) is 93.2 Å². The van der Waals surface area contributed by atoms with Crippen molar-refractivity contribution in [3.63, 3.8) is 0 Å². The Labute approximate surface area is 178 Å². The summed E-state index contributed by atoms with van der Waals surface area (Å²) >= 11 is 0. The van der Waals surface area contributed by atoms with E-state index in [0.29, 0.717) is 11.8 Å². The minimum absolute atomic E-state index is 0.0249. The van der Waals surface area contributed by atoms with E-state index in [9.17, 15) is 9.59 Å². The summed E-state index contributed by atoms with van der Waals surface area (Å²) in [7, 11) is 0. The van der Waals surface area contributed by atoms with Gasteiger partial charge in [-0.15, -0.1) is 0 Å². The molecule has 158 valence electrons. The second kappa shape index (κ2) is 7.27. The van der Waals surface area contributed by atoms with Gasteiger partial charge in [-0.1, -0.05) is 18.2 Å². The van der Waals surface area contributed by atoms with Crippen molar-refractivity contribution in [3.8, 4) is 6.07 Å². The third-order valence-corrected chi connectivity index (χ3v) is 7.73. The molecule has 0 heterocycles. The number of nitrogens with zero attached hydrogens (tertiary/aromatic N) is 1. The van der Waals surface area contributed by atoms with Gasteiger partial charge in [0.15, 0.2) is 6.61 Å². The normalized spacial score (nSPS) is 32.3. The molecule has 0 amide bonds. The maximum Gasteiger partial charge on any atom is 0.312 e. The zero-order valence-corrected chi connectivity index (χ0v) is 18.1. The first-order valence-corrected chi connectivity index (χ1v) is 10.8. The first kappa shape index (κ1) is 20.7. The second-order valence-corrected chi connectivity index (χ2v) is 9.99. The summed E-state index contributed by atoms with van der Waals surface area (Å²) in [5.41, 5.74) is 9.06. The third kappa shape index (κ3) is 3.33. The number of ketones is 1. The molecule has 2 unspecified atom stereocenters. The summed E-state index contributed by atoms with van der Waals surface area (Å²) in [5.74, 6) is 0.249. The van der Waals surface area contributed by atoms with E-state index in [1.54, 1.807) is 0 Å². The molecule has 5 nitrogen and oxygen atoms in total. The number of nitrogens with two attached hydrogens (primary N) is 1. The fraction of sp³-hybridized carbons (Fsp3) is 0.560. The van der Waals surface area contributed by atoms with Gasteiger partial charge in [-0.2, -0.15) is 5.26 Å². The van der Waals surface area contributed by atoms with Crippen molar-refractivity contribution in [2.75, 3.05) is 6.61 Å². The largest absolute Gasteiger partial charge is 0.457 e. The number of esters is 1. The number of hydrogen-bond acceptors (Lipinski definition) is 5. The van der Waals surface area contributed by atoms with Crippen molar-refractivity contribution in [1.82, 2.24) is 0 Å². The van der Waals surface area contributed by atoms with Crippen molar-refractivity contribution in [2.45, 2.75) is 64.7 Å². The molecule has 0 radical (unpaired) electrons. The van der Waals surface area contributed by atoms with E-state index in [1.165, 1.54) is 30.0 Å². The number of benzene rings is 1. The van der Waals surface area contributed by atoms with Crippen molar-refractivity contribution in [2.24, 2.45) is 23.0 Å². The van der Waals surface area contributed by atoms with E-state index >= 15 is 0 Å². The highest BCUT2D eigenvalue weighted by molar-refractivity contribution is 6.01. The van der Waals surface area contributed by atoms with Gasteiger partial charge in [0.25, 0.3) is 0 Å². The minimum Gasteiger partial charge on any atom is -0.457 e. The molecule has 2 atom stereocenters. The Kier molecular flexibility index (Phi) is 5.00. The van der Waals surface area contributed by atoms with Crippen LogP contribution in [0.2, 0.25) is 0 Å². The molecule has 1 aromatic rings. The van der Waals surface area contributed by atoms with E-state index in [1.807, 2.05) is 6.07 Å². The maximum absolute atomic E-state index is 13.3. The molecule has 4 aliphatic rings. The molecule has 4 saturated carbocycles. The van der Waals surface area contributed by atoms with Crippen molar-refractivity contribution in [3.05, 3.63) is 46.2 Å². The number of allylic oxidation sites excluding steroid dienone is 1. The SMILES string of the molecule is C/C(N)=C(/C#N)C(=O)COC(=O)C12CC3CC(C1)CC(c1ccc(C)c(C)c1)(C3)C2. The van der Waals surface area contributed by atoms with Crippen LogP contribution < -0.4 is 5.73 Å². The number of carbonyl (C=O) groups excluding carboxylic acids is 2. The van der Waals surface area contributed by atoms with E-state index in [0.717, 1.165) is 32.1 Å². The summed E-state index contributed by atoms with van der Waals surface area (Å²) < 4.78 is 5.52. The molecule has 30 heavy (non-hydrogen) atoms. The van der Waals surface area contributed by atoms with Crippen LogP contribution in [0.15, 0.2) is 29.5 Å². The molecule has 4 aliphatic carbocycles. The topological polar surface area (TPSA) is 93.2 Å². The van der Waals surface area contributed by atoms with Crippen LogP contribution in [0.5, 0.6) is 0 Å². The summed E-state index contributed by atoms with van der Waals surface area (Å²) in [6.07, 6.45) is 5.94. The lowest BCUT2D eigenvalue weighted by Gasteiger charge is -2.61. The van der Waals surface area contributed by atoms with Crippen LogP contribution in [0.1, 0.15) is 62.1 Å². The van der Waals surface area contributed by atoms with E-state index in [-0.39, 0.29) is 22.7 Å². The van der Waals surface area contributed by atoms with Gasteiger partial charge in [0.05, 0.1) is 5.41 Å². The number of Topliss-reactive ketones (excluding diaryl/α,β-unsaturated/α-hetero) is 1. The fourth-order valence-corrected chi connectivity index (χ4v) is 6.64. The van der Waals surface area contributed by atoms with E-state index in [4.69, 9.17) is 15.7 Å². The van der Waals surface area contributed by atoms with Gasteiger partial charge in [-0.25, -0.2) is 0 Å². The number of ether oxygens (including phenoxy) is 1. The summed E-state index contributed by atoms with van der Waals surface area (Å²) in [6, 6.07) is 8.55. The van der Waals surface area contributed by atoms with Gasteiger partial charge in [0.1, 0.15) is 11.6 Å². The first-order chi connectivity index (χ1) is 14.2. The monoisotopic (exact) mass is 406 g/mol. The number of nitriles is 1. The Bertz CT molecular complexity index is 967. The molecule has 5 heteroatoms. The first-order valence-electron chi connectivity index (χ1n) is 10.8. The predicted octanol–water partition coefficient (Wildman–Crippen LogP) is 4.01. The van der Waals surface area contributed by atoms with Crippen LogP contribution >= 0.6 is 0 Å². The van der Waals surface area contributed by atoms with Crippen LogP contribution in [0.3, 0.4) is 0 Å². The molecule has 0 saturated heterocycles. The highest BCUT2D eigenvalue weighted by Crippen LogP contribution is 2.66. The molecular weight excluding hydrogens is 376 g/mol. The van der Waals surface area contributed by atoms with Crippen LogP contribution in [0.25, 0.3) is 0 Å². The van der Waals surface area contributed by atoms with Crippen LogP contribution in [-0.2, 0) is 19.7 Å². The number of rotatable bonds is 5. The average molecular weight is 407 g/mol. The quantitative estimate of drug-likeness (QED) is 0.453. The smallest absolute Gasteiger partial charge is 0.312 e. The van der Waals surface area contributed by atoms with Crippen molar-refractivity contribution < 1.29 is 14.3 Å². The number of carbonyl (C=O) groups is 2. The van der Waals surface area contributed by atoms with Crippen LogP contribution in [-0.4, -0.2) is 18.4 Å². The van der Waals surface area contributed by atoms with Gasteiger partial charge in [0.2, 0.25) is 5.78 Å². The average Bonchev–Trinajstić information content (AvgIpc) is 2.67. The van der Waals surface area contributed by atoms with E-state index < -0.39 is 17.8 Å². The van der Waals surface area contributed by atoms with Crippen LogP contribution in [0, 0.1) is 42.4 Å². The Morgan fingerprint density at radius 3 is 2.40 bits per heavy atom. The lowest BCUT2D eigenvalue weighted by molar-refractivity contribution is -0.175. The lowest BCUT2D eigenvalue weighted by Crippen LogP contribution is -2.57. The molecule has 0 aliphatic heterocycles. The minimum atomic E-state index is -0.528. The standard InChI is InChI=1S/C25H30N2O3/c1-15-4-5-20(6-16(15)2)24-8-18-7-19(9-24)11-25(10-18,14-24)23(29)30-13-22(28)21(12-26)17(3)27/h4-6,18-19H,7-11,13-14,27H2,1-3H3/b21-17+. The van der Waals surface area contributed by atoms with Gasteiger partial charge in [0, 0.05) is 5.70 Å². The Balaban J connectivity index is 1.58. The molecule has 2 N–H and O–H groups in total. The zero-order chi connectivity index (χ0) is 21.7. The van der Waals surface area contributed by atoms with Crippen molar-refractivity contribution in [1.29, 1.82) is 5.26 Å². The summed E-state index contributed by atoms with van der Waals surface area (Å²) in [5, 5.41) is 9.11. The number of aryl methyl sites for hydroxylation is 2. The summed E-state index contributed by atoms with van der Waals surface area (Å²) in [4.78, 5) is 25.5. The molecule has 0 spiro atoms. The predicted molar refractivity (Wildman–Crippen MR) is 113 cm³/mol. The Morgan fingerprint density at radius 2 is 1.83 bits per heavy atom. The highest BCUT2D eigenvalue weighted by Gasteiger charge is 2.61. The third-order valence-electron chi connectivity index (χ3n) is 7.73. The summed E-state index contributed by atoms with van der Waals surface area (Å²) in [6.45, 7) is 5.37. The molecule has 0 aromatic heterocycles. The molecule has 1 aromatic carbocycles. The molecular formula is C25H30N2O3. The van der Waals surface area contributed by atoms with Gasteiger partial charge >= 0.3 is 5.97 Å². The maximum atomic E-state index is 13.3. The highest BCUT2D eigenvalue weighted by atomic mass is 16.5. The fourth-order valence-electron chi connectivity index (χ4n) is 6.64. The number of hydrogen-bond donors (Lipinski definition) is 1. The van der Waals surface area contributed by atoms with Gasteiger partial charge in [-0.3, -0.25) is 9.59 Å². The lowest BCUT2D eigenvalue weighted by atomic mass is 9.43. The Morgan fingerprint density at radius 1 is 1.17 bits per heavy atom. The molecule has 5 rings (SSSR count). The second-order valence-electron chi connectivity index (χ2n) is 9.99. The van der Waals surface area contributed by atoms with E-state index in [2.05, 4.69) is 32.0 Å². The zero-order valence-electron chi connectivity index (χ0n) is 18.1. The van der Waals surface area contributed by atoms with Crippen molar-refractivity contribution >= 4 is 11.8 Å². The van der Waals surface area contributed by atoms with Crippen LogP contribution in [0.4, 0.5) is 0 Å².